The number of cyclic esters (lactones) is 1. The summed E-state index contributed by atoms with van der Waals surface area (Å²) in [5.41, 5.74) is 3.51. The van der Waals surface area contributed by atoms with Crippen molar-refractivity contribution < 1.29 is 38.3 Å². The van der Waals surface area contributed by atoms with Crippen molar-refractivity contribution in [1.82, 2.24) is 8.75 Å². The van der Waals surface area contributed by atoms with E-state index in [-0.39, 0.29) is 12.0 Å². The number of fused-ring (bicyclic) bond motifs is 2. The maximum Gasteiger partial charge on any atom is 0.342 e. The smallest absolute Gasteiger partial charge is 0.342 e. The zero-order valence-electron chi connectivity index (χ0n) is 22.1. The molecule has 1 atom stereocenters. The van der Waals surface area contributed by atoms with Gasteiger partial charge in [-0.1, -0.05) is 6.07 Å². The number of aromatic nitrogens is 2. The van der Waals surface area contributed by atoms with Crippen LogP contribution < -0.4 is 23.7 Å². The van der Waals surface area contributed by atoms with Crippen molar-refractivity contribution in [3.63, 3.8) is 0 Å². The van der Waals surface area contributed by atoms with E-state index in [1.807, 2.05) is 0 Å². The molecule has 3 aromatic carbocycles. The first-order valence-corrected chi connectivity index (χ1v) is 13.3. The van der Waals surface area contributed by atoms with Crippen LogP contribution in [0, 0.1) is 0 Å². The van der Waals surface area contributed by atoms with Gasteiger partial charge in [0.1, 0.15) is 11.0 Å². The molecular formula is C29H26N2O8S. The average Bonchev–Trinajstić information content (AvgIpc) is 3.44. The molecule has 0 fully saturated rings. The highest BCUT2D eigenvalue weighted by molar-refractivity contribution is 7.00. The molecular weight excluding hydrogens is 536 g/mol. The van der Waals surface area contributed by atoms with Crippen molar-refractivity contribution in [2.45, 2.75) is 18.6 Å². The van der Waals surface area contributed by atoms with Gasteiger partial charge in [-0.15, -0.1) is 0 Å². The predicted molar refractivity (Wildman–Crippen MR) is 146 cm³/mol. The number of hydrogen-bond donors (Lipinski definition) is 1. The van der Waals surface area contributed by atoms with E-state index in [1.165, 1.54) is 21.3 Å². The summed E-state index contributed by atoms with van der Waals surface area (Å²) in [7, 11) is 4.58. The molecule has 4 aromatic rings. The van der Waals surface area contributed by atoms with Gasteiger partial charge in [-0.05, 0) is 53.6 Å². The van der Waals surface area contributed by atoms with Crippen molar-refractivity contribution in [3.05, 3.63) is 70.8 Å². The first-order chi connectivity index (χ1) is 19.4. The van der Waals surface area contributed by atoms with Crippen LogP contribution in [-0.4, -0.2) is 54.4 Å². The van der Waals surface area contributed by atoms with Gasteiger partial charge in [0.05, 0.1) is 51.8 Å². The zero-order chi connectivity index (χ0) is 27.9. The second kappa shape index (κ2) is 10.3. The lowest BCUT2D eigenvalue weighted by molar-refractivity contribution is -0.185. The maximum absolute atomic E-state index is 13.5. The molecule has 0 bridgehead atoms. The minimum absolute atomic E-state index is 0.121. The monoisotopic (exact) mass is 562 g/mol. The molecule has 0 spiro atoms. The third-order valence-corrected chi connectivity index (χ3v) is 7.50. The Morgan fingerprint density at radius 3 is 2.35 bits per heavy atom. The molecule has 2 aliphatic heterocycles. The summed E-state index contributed by atoms with van der Waals surface area (Å²) in [5.74, 6) is -0.411. The topological polar surface area (TPSA) is 118 Å². The highest BCUT2D eigenvalue weighted by Gasteiger charge is 2.48. The summed E-state index contributed by atoms with van der Waals surface area (Å²) in [6.45, 7) is 0.992. The van der Waals surface area contributed by atoms with Crippen LogP contribution in [-0.2, 0) is 21.7 Å². The molecule has 206 valence electrons. The number of carbonyl (C=O) groups is 1. The molecule has 10 nitrogen and oxygen atoms in total. The van der Waals surface area contributed by atoms with Gasteiger partial charge in [0, 0.05) is 24.0 Å². The second-order valence-corrected chi connectivity index (χ2v) is 9.81. The number of esters is 1. The fraction of sp³-hybridized carbons (Fsp3) is 0.276. The Morgan fingerprint density at radius 2 is 1.62 bits per heavy atom. The lowest BCUT2D eigenvalue weighted by Crippen LogP contribution is -2.30. The minimum Gasteiger partial charge on any atom is -0.493 e. The summed E-state index contributed by atoms with van der Waals surface area (Å²) in [6.07, 6.45) is 0.851. The number of methoxy groups -OCH3 is 3. The molecule has 0 aliphatic carbocycles. The van der Waals surface area contributed by atoms with E-state index in [4.69, 9.17) is 28.4 Å². The third kappa shape index (κ3) is 4.37. The van der Waals surface area contributed by atoms with Gasteiger partial charge in [0.25, 0.3) is 5.79 Å². The molecule has 40 heavy (non-hydrogen) atoms. The fourth-order valence-corrected chi connectivity index (χ4v) is 5.54. The highest BCUT2D eigenvalue weighted by atomic mass is 32.1. The Kier molecular flexibility index (Phi) is 6.68. The Labute approximate surface area is 234 Å². The molecule has 2 aliphatic rings. The summed E-state index contributed by atoms with van der Waals surface area (Å²) in [5, 5.41) is 12.2. The number of carbonyl (C=O) groups excluding carboxylic acids is 1. The van der Waals surface area contributed by atoms with Crippen molar-refractivity contribution in [1.29, 1.82) is 0 Å². The van der Waals surface area contributed by atoms with Crippen molar-refractivity contribution in [3.8, 4) is 28.7 Å². The molecule has 0 radical (unpaired) electrons. The van der Waals surface area contributed by atoms with Crippen LogP contribution in [0.4, 0.5) is 0 Å². The highest BCUT2D eigenvalue weighted by Crippen LogP contribution is 2.48. The molecule has 0 saturated carbocycles. The molecule has 1 N–H and O–H groups in total. The third-order valence-electron chi connectivity index (χ3n) is 6.94. The van der Waals surface area contributed by atoms with E-state index in [1.54, 1.807) is 48.5 Å². The minimum atomic E-state index is -2.09. The summed E-state index contributed by atoms with van der Waals surface area (Å²) < 4.78 is 42.5. The van der Waals surface area contributed by atoms with Gasteiger partial charge in [0.15, 0.2) is 23.0 Å². The van der Waals surface area contributed by atoms with Gasteiger partial charge in [-0.2, -0.15) is 8.75 Å². The molecule has 1 unspecified atom stereocenters. The average molecular weight is 563 g/mol. The van der Waals surface area contributed by atoms with E-state index in [0.29, 0.717) is 75.3 Å². The number of rotatable bonds is 7. The predicted octanol–water partition coefficient (Wildman–Crippen LogP) is 4.28. The second-order valence-electron chi connectivity index (χ2n) is 9.28. The lowest BCUT2D eigenvalue weighted by Gasteiger charge is -2.26. The maximum atomic E-state index is 13.5. The first kappa shape index (κ1) is 25.9. The molecule has 1 aromatic heterocycles. The van der Waals surface area contributed by atoms with Crippen molar-refractivity contribution in [2.75, 3.05) is 34.5 Å². The summed E-state index contributed by atoms with van der Waals surface area (Å²) in [4.78, 5) is 13.5. The van der Waals surface area contributed by atoms with E-state index in [0.717, 1.165) is 18.1 Å². The molecule has 0 saturated heterocycles. The lowest BCUT2D eigenvalue weighted by atomic mass is 9.87. The number of benzene rings is 3. The number of aliphatic hydroxyl groups is 1. The van der Waals surface area contributed by atoms with Crippen molar-refractivity contribution in [2.24, 2.45) is 0 Å². The summed E-state index contributed by atoms with van der Waals surface area (Å²) in [6, 6.07) is 13.9. The standard InChI is InChI=1S/C29H26N2O8S/c1-34-24-12-16(13-25(35-2)27(24)36-3)11-19-26(17-5-7-20-21(14-17)31-40-30-20)28(32)39-29(19,33)18-6-8-22-23(15-18)38-10-4-9-37-22/h5-8,12-15,33H,4,9-11H2,1-3H3. The van der Waals surface area contributed by atoms with Crippen LogP contribution in [0.5, 0.6) is 28.7 Å². The van der Waals surface area contributed by atoms with Crippen LogP contribution in [0.2, 0.25) is 0 Å². The van der Waals surface area contributed by atoms with E-state index in [2.05, 4.69) is 8.75 Å². The van der Waals surface area contributed by atoms with Gasteiger partial charge in [0.2, 0.25) is 5.75 Å². The Balaban J connectivity index is 1.53. The van der Waals surface area contributed by atoms with Crippen LogP contribution >= 0.6 is 11.7 Å². The fourth-order valence-electron chi connectivity index (χ4n) is 5.03. The van der Waals surface area contributed by atoms with Crippen molar-refractivity contribution >= 4 is 34.3 Å². The van der Waals surface area contributed by atoms with E-state index < -0.39 is 11.8 Å². The normalized spacial score (nSPS) is 18.4. The van der Waals surface area contributed by atoms with E-state index >= 15 is 0 Å². The molecule has 0 amide bonds. The van der Waals surface area contributed by atoms with Crippen LogP contribution in [0.3, 0.4) is 0 Å². The number of nitrogens with zero attached hydrogens (tertiary/aromatic N) is 2. The van der Waals surface area contributed by atoms with Gasteiger partial charge < -0.3 is 33.5 Å². The molecule has 6 rings (SSSR count). The van der Waals surface area contributed by atoms with Gasteiger partial charge in [-0.25, -0.2) is 4.79 Å². The SMILES string of the molecule is COc1cc(CC2=C(c3ccc4nsnc4c3)C(=O)OC2(O)c2ccc3c(c2)OCCCO3)cc(OC)c1OC. The first-order valence-electron chi connectivity index (χ1n) is 12.6. The van der Waals surface area contributed by atoms with Crippen LogP contribution in [0.15, 0.2) is 54.1 Å². The van der Waals surface area contributed by atoms with Gasteiger partial charge >= 0.3 is 5.97 Å². The zero-order valence-corrected chi connectivity index (χ0v) is 22.9. The number of ether oxygens (including phenoxy) is 6. The van der Waals surface area contributed by atoms with Crippen LogP contribution in [0.1, 0.15) is 23.1 Å². The van der Waals surface area contributed by atoms with E-state index in [9.17, 15) is 9.90 Å². The largest absolute Gasteiger partial charge is 0.493 e. The Hall–Kier alpha value is -4.35. The quantitative estimate of drug-likeness (QED) is 0.327. The number of hydrogen-bond acceptors (Lipinski definition) is 11. The molecule has 3 heterocycles. The molecule has 11 heteroatoms. The van der Waals surface area contributed by atoms with Gasteiger partial charge in [-0.3, -0.25) is 0 Å². The summed E-state index contributed by atoms with van der Waals surface area (Å²) >= 11 is 1.08. The Morgan fingerprint density at radius 1 is 0.900 bits per heavy atom. The van der Waals surface area contributed by atoms with Crippen LogP contribution in [0.25, 0.3) is 16.6 Å². The Bertz CT molecular complexity index is 1620.